The highest BCUT2D eigenvalue weighted by Crippen LogP contribution is 2.38. The number of halogens is 1. The molecule has 3 unspecified atom stereocenters. The molecule has 2 aliphatic rings. The van der Waals surface area contributed by atoms with Crippen LogP contribution >= 0.6 is 11.6 Å². The summed E-state index contributed by atoms with van der Waals surface area (Å²) in [6.45, 7) is 0.964. The summed E-state index contributed by atoms with van der Waals surface area (Å²) >= 11 is 6.07. The summed E-state index contributed by atoms with van der Waals surface area (Å²) in [6, 6.07) is 5.23. The highest BCUT2D eigenvalue weighted by molar-refractivity contribution is 6.32. The minimum atomic E-state index is -0.0663. The molecule has 108 valence electrons. The van der Waals surface area contributed by atoms with Gasteiger partial charge in [-0.05, 0) is 49.4 Å². The van der Waals surface area contributed by atoms with E-state index in [4.69, 9.17) is 16.3 Å². The van der Waals surface area contributed by atoms with Crippen LogP contribution in [0.1, 0.15) is 19.3 Å². The Labute approximate surface area is 123 Å². The number of nitrogens with one attached hydrogen (secondary N) is 2. The van der Waals surface area contributed by atoms with E-state index in [9.17, 15) is 4.79 Å². The first kappa shape index (κ1) is 13.7. The molecule has 0 aromatic heterocycles. The maximum Gasteiger partial charge on any atom is 0.241 e. The summed E-state index contributed by atoms with van der Waals surface area (Å²) in [5, 5.41) is 6.80. The summed E-state index contributed by atoms with van der Waals surface area (Å²) < 4.78 is 5.10. The molecule has 2 fully saturated rings. The average Bonchev–Trinajstić information content (AvgIpc) is 3.00. The molecule has 3 rings (SSSR count). The predicted octanol–water partition coefficient (Wildman–Crippen LogP) is 2.68. The lowest BCUT2D eigenvalue weighted by atomic mass is 9.93. The van der Waals surface area contributed by atoms with Gasteiger partial charge in [-0.1, -0.05) is 18.0 Å². The minimum Gasteiger partial charge on any atom is -0.495 e. The van der Waals surface area contributed by atoms with E-state index in [0.29, 0.717) is 28.3 Å². The van der Waals surface area contributed by atoms with Crippen molar-refractivity contribution < 1.29 is 9.53 Å². The summed E-state index contributed by atoms with van der Waals surface area (Å²) in [5.41, 5.74) is 0.712. The largest absolute Gasteiger partial charge is 0.495 e. The van der Waals surface area contributed by atoms with Crippen LogP contribution in [0.2, 0.25) is 5.02 Å². The third-order valence-corrected chi connectivity index (χ3v) is 4.74. The van der Waals surface area contributed by atoms with Gasteiger partial charge in [0.05, 0.1) is 18.2 Å². The van der Waals surface area contributed by atoms with Gasteiger partial charge in [0, 0.05) is 5.69 Å². The number of methoxy groups -OCH3 is 1. The Balaban J connectivity index is 1.68. The molecule has 0 bridgehead atoms. The Hall–Kier alpha value is -1.26. The van der Waals surface area contributed by atoms with Gasteiger partial charge < -0.3 is 15.4 Å². The molecule has 1 aromatic rings. The smallest absolute Gasteiger partial charge is 0.241 e. The Bertz CT molecular complexity index is 521. The van der Waals surface area contributed by atoms with Gasteiger partial charge in [-0.15, -0.1) is 0 Å². The molecule has 1 heterocycles. The lowest BCUT2D eigenvalue weighted by molar-refractivity contribution is -0.118. The Morgan fingerprint density at radius 2 is 2.30 bits per heavy atom. The quantitative estimate of drug-likeness (QED) is 0.901. The fraction of sp³-hybridized carbons (Fsp3) is 0.533. The zero-order chi connectivity index (χ0) is 14.1. The SMILES string of the molecule is COc1ccc(NC(=O)C2NCC3CCCC32)cc1Cl. The summed E-state index contributed by atoms with van der Waals surface area (Å²) in [6.07, 6.45) is 3.64. The molecule has 1 aliphatic heterocycles. The number of carbonyl (C=O) groups excluding carboxylic acids is 1. The van der Waals surface area contributed by atoms with Crippen molar-refractivity contribution in [1.29, 1.82) is 0 Å². The summed E-state index contributed by atoms with van der Waals surface area (Å²) in [4.78, 5) is 12.4. The van der Waals surface area contributed by atoms with Gasteiger partial charge in [-0.2, -0.15) is 0 Å². The summed E-state index contributed by atoms with van der Waals surface area (Å²) in [7, 11) is 1.57. The van der Waals surface area contributed by atoms with Gasteiger partial charge in [-0.3, -0.25) is 4.79 Å². The molecule has 20 heavy (non-hydrogen) atoms. The third kappa shape index (κ3) is 2.50. The molecule has 0 radical (unpaired) electrons. The van der Waals surface area contributed by atoms with E-state index < -0.39 is 0 Å². The van der Waals surface area contributed by atoms with E-state index in [0.717, 1.165) is 13.0 Å². The lowest BCUT2D eigenvalue weighted by Gasteiger charge is -2.18. The number of rotatable bonds is 3. The Morgan fingerprint density at radius 1 is 1.45 bits per heavy atom. The molecule has 5 heteroatoms. The summed E-state index contributed by atoms with van der Waals surface area (Å²) in [5.74, 6) is 1.81. The molecular formula is C15H19ClN2O2. The van der Waals surface area contributed by atoms with Gasteiger partial charge in [0.1, 0.15) is 5.75 Å². The number of ether oxygens (including phenoxy) is 1. The number of hydrogen-bond acceptors (Lipinski definition) is 3. The highest BCUT2D eigenvalue weighted by Gasteiger charge is 2.42. The van der Waals surface area contributed by atoms with E-state index in [1.165, 1.54) is 12.8 Å². The fourth-order valence-electron chi connectivity index (χ4n) is 3.44. The maximum atomic E-state index is 12.4. The van der Waals surface area contributed by atoms with E-state index in [-0.39, 0.29) is 11.9 Å². The number of fused-ring (bicyclic) bond motifs is 1. The zero-order valence-electron chi connectivity index (χ0n) is 11.5. The third-order valence-electron chi connectivity index (χ3n) is 4.45. The van der Waals surface area contributed by atoms with Crippen LogP contribution in [0.5, 0.6) is 5.75 Å². The average molecular weight is 295 g/mol. The first-order chi connectivity index (χ1) is 9.69. The molecular weight excluding hydrogens is 276 g/mol. The predicted molar refractivity (Wildman–Crippen MR) is 79.3 cm³/mol. The van der Waals surface area contributed by atoms with Gasteiger partial charge in [-0.25, -0.2) is 0 Å². The topological polar surface area (TPSA) is 50.4 Å². The maximum absolute atomic E-state index is 12.4. The van der Waals surface area contributed by atoms with E-state index in [1.807, 2.05) is 6.07 Å². The van der Waals surface area contributed by atoms with Gasteiger partial charge >= 0.3 is 0 Å². The van der Waals surface area contributed by atoms with Crippen molar-refractivity contribution in [2.24, 2.45) is 11.8 Å². The first-order valence-electron chi connectivity index (χ1n) is 7.07. The van der Waals surface area contributed by atoms with Crippen LogP contribution in [0.15, 0.2) is 18.2 Å². The molecule has 1 saturated heterocycles. The second-order valence-electron chi connectivity index (χ2n) is 5.58. The van der Waals surface area contributed by atoms with Crippen LogP contribution in [-0.4, -0.2) is 25.6 Å². The van der Waals surface area contributed by atoms with Crippen LogP contribution in [0.4, 0.5) is 5.69 Å². The number of benzene rings is 1. The second-order valence-corrected chi connectivity index (χ2v) is 5.99. The standard InChI is InChI=1S/C15H19ClN2O2/c1-20-13-6-5-10(7-12(13)16)18-15(19)14-11-4-2-3-9(11)8-17-14/h5-7,9,11,14,17H,2-4,8H2,1H3,(H,18,19). The highest BCUT2D eigenvalue weighted by atomic mass is 35.5. The Kier molecular flexibility index (Phi) is 3.85. The number of carbonyl (C=O) groups is 1. The van der Waals surface area contributed by atoms with E-state index >= 15 is 0 Å². The minimum absolute atomic E-state index is 0.0423. The van der Waals surface area contributed by atoms with Crippen LogP contribution < -0.4 is 15.4 Å². The fourth-order valence-corrected chi connectivity index (χ4v) is 3.70. The van der Waals surface area contributed by atoms with Crippen LogP contribution in [-0.2, 0) is 4.79 Å². The monoisotopic (exact) mass is 294 g/mol. The van der Waals surface area contributed by atoms with Crippen molar-refractivity contribution in [3.63, 3.8) is 0 Å². The van der Waals surface area contributed by atoms with Gasteiger partial charge in [0.25, 0.3) is 0 Å². The molecule has 1 aliphatic carbocycles. The van der Waals surface area contributed by atoms with E-state index in [2.05, 4.69) is 10.6 Å². The van der Waals surface area contributed by atoms with Crippen LogP contribution in [0.3, 0.4) is 0 Å². The normalized spacial score (nSPS) is 28.2. The van der Waals surface area contributed by atoms with Crippen molar-refractivity contribution in [3.8, 4) is 5.75 Å². The molecule has 1 saturated carbocycles. The molecule has 3 atom stereocenters. The van der Waals surface area contributed by atoms with Crippen LogP contribution in [0, 0.1) is 11.8 Å². The molecule has 4 nitrogen and oxygen atoms in total. The zero-order valence-corrected chi connectivity index (χ0v) is 12.2. The van der Waals surface area contributed by atoms with Gasteiger partial charge in [0.2, 0.25) is 5.91 Å². The van der Waals surface area contributed by atoms with Crippen molar-refractivity contribution in [1.82, 2.24) is 5.32 Å². The second kappa shape index (κ2) is 5.62. The van der Waals surface area contributed by atoms with Crippen molar-refractivity contribution >= 4 is 23.2 Å². The molecule has 0 spiro atoms. The van der Waals surface area contributed by atoms with Gasteiger partial charge in [0.15, 0.2) is 0 Å². The number of amides is 1. The first-order valence-corrected chi connectivity index (χ1v) is 7.44. The Morgan fingerprint density at radius 3 is 3.05 bits per heavy atom. The molecule has 1 amide bonds. The van der Waals surface area contributed by atoms with Crippen molar-refractivity contribution in [2.45, 2.75) is 25.3 Å². The number of anilines is 1. The van der Waals surface area contributed by atoms with E-state index in [1.54, 1.807) is 19.2 Å². The van der Waals surface area contributed by atoms with Crippen molar-refractivity contribution in [2.75, 3.05) is 19.0 Å². The molecule has 2 N–H and O–H groups in total. The lowest BCUT2D eigenvalue weighted by Crippen LogP contribution is -2.39. The number of hydrogen-bond donors (Lipinski definition) is 2. The van der Waals surface area contributed by atoms with Crippen LogP contribution in [0.25, 0.3) is 0 Å². The molecule has 1 aromatic carbocycles. The van der Waals surface area contributed by atoms with Crippen molar-refractivity contribution in [3.05, 3.63) is 23.2 Å².